The van der Waals surface area contributed by atoms with E-state index in [0.29, 0.717) is 12.0 Å². The zero-order valence-electron chi connectivity index (χ0n) is 18.2. The number of aliphatic hydroxyl groups excluding tert-OH is 2. The summed E-state index contributed by atoms with van der Waals surface area (Å²) in [5.74, 6) is -2.86. The van der Waals surface area contributed by atoms with Gasteiger partial charge in [0.1, 0.15) is 11.7 Å². The van der Waals surface area contributed by atoms with E-state index in [-0.39, 0.29) is 26.1 Å². The molecule has 2 saturated carbocycles. The van der Waals surface area contributed by atoms with Crippen LogP contribution in [0.4, 0.5) is 0 Å². The average Bonchev–Trinajstić information content (AvgIpc) is 3.05. The average molecular weight is 450 g/mol. The van der Waals surface area contributed by atoms with Crippen LogP contribution in [0.1, 0.15) is 36.5 Å². The lowest BCUT2D eigenvalue weighted by Crippen LogP contribution is -2.82. The van der Waals surface area contributed by atoms with Crippen LogP contribution in [0.15, 0.2) is 30.3 Å². The van der Waals surface area contributed by atoms with Crippen LogP contribution in [-0.4, -0.2) is 82.7 Å². The Hall–Kier alpha value is -1.59. The molecule has 4 N–H and O–H groups in total. The van der Waals surface area contributed by atoms with Gasteiger partial charge >= 0.3 is 11.9 Å². The maximum Gasteiger partial charge on any atom is 0.338 e. The van der Waals surface area contributed by atoms with Crippen molar-refractivity contribution < 1.29 is 44.2 Å². The van der Waals surface area contributed by atoms with Crippen molar-refractivity contribution in [3.8, 4) is 0 Å². The molecule has 1 spiro atoms. The molecule has 5 fully saturated rings. The maximum absolute atomic E-state index is 12.6. The first-order valence-electron chi connectivity index (χ1n) is 11.0. The van der Waals surface area contributed by atoms with Crippen molar-refractivity contribution in [1.82, 2.24) is 0 Å². The van der Waals surface area contributed by atoms with Gasteiger partial charge in [-0.2, -0.15) is 0 Å². The molecule has 0 unspecified atom stereocenters. The molecule has 1 aromatic carbocycles. The van der Waals surface area contributed by atoms with E-state index < -0.39 is 58.7 Å². The van der Waals surface area contributed by atoms with Crippen LogP contribution in [-0.2, 0) is 18.9 Å². The maximum atomic E-state index is 12.6. The summed E-state index contributed by atoms with van der Waals surface area (Å²) in [5.41, 5.74) is -5.64. The van der Waals surface area contributed by atoms with Gasteiger partial charge in [-0.25, -0.2) is 4.79 Å². The molecule has 176 valence electrons. The molecule has 4 bridgehead atoms. The number of aliphatic hydroxyl groups is 4. The Morgan fingerprint density at radius 3 is 2.62 bits per heavy atom. The van der Waals surface area contributed by atoms with Crippen molar-refractivity contribution in [3.63, 3.8) is 0 Å². The molecule has 0 amide bonds. The molecule has 6 rings (SSSR count). The molecular formula is C23H30O9. The third-order valence-electron chi connectivity index (χ3n) is 8.92. The summed E-state index contributed by atoms with van der Waals surface area (Å²) in [6, 6.07) is 8.59. The van der Waals surface area contributed by atoms with Gasteiger partial charge in [-0.1, -0.05) is 25.1 Å². The molecular weight excluding hydrogens is 420 g/mol. The first-order valence-corrected chi connectivity index (χ1v) is 11.0. The molecule has 3 aliphatic heterocycles. The van der Waals surface area contributed by atoms with Gasteiger partial charge in [-0.15, -0.1) is 0 Å². The molecule has 8 atom stereocenters. The second-order valence-electron chi connectivity index (χ2n) is 9.82. The number of esters is 1. The fourth-order valence-electron chi connectivity index (χ4n) is 6.97. The molecule has 0 aromatic heterocycles. The van der Waals surface area contributed by atoms with Crippen LogP contribution in [0.5, 0.6) is 0 Å². The van der Waals surface area contributed by atoms with Crippen LogP contribution in [0, 0.1) is 16.7 Å². The number of carbonyl (C=O) groups is 1. The Balaban J connectivity index is 1.56. The number of carbonyl (C=O) groups excluding carboxylic acids is 1. The number of rotatable bonds is 5. The van der Waals surface area contributed by atoms with E-state index in [1.54, 1.807) is 37.3 Å². The minimum atomic E-state index is -1.92. The minimum absolute atomic E-state index is 0.0345. The number of ether oxygens (including phenoxy) is 4. The lowest BCUT2D eigenvalue weighted by Gasteiger charge is -2.67. The Morgan fingerprint density at radius 2 is 1.97 bits per heavy atom. The Morgan fingerprint density at radius 1 is 1.25 bits per heavy atom. The summed E-state index contributed by atoms with van der Waals surface area (Å²) in [5, 5.41) is 45.5. The summed E-state index contributed by atoms with van der Waals surface area (Å²) in [6.07, 6.45) is -1.64. The summed E-state index contributed by atoms with van der Waals surface area (Å²) < 4.78 is 22.9. The molecule has 9 heteroatoms. The van der Waals surface area contributed by atoms with E-state index in [4.69, 9.17) is 18.9 Å². The van der Waals surface area contributed by atoms with Gasteiger partial charge in [0, 0.05) is 18.4 Å². The van der Waals surface area contributed by atoms with Crippen molar-refractivity contribution in [3.05, 3.63) is 35.9 Å². The highest BCUT2D eigenvalue weighted by Crippen LogP contribution is 2.73. The lowest BCUT2D eigenvalue weighted by molar-refractivity contribution is -0.466. The third kappa shape index (κ3) is 2.34. The van der Waals surface area contributed by atoms with Gasteiger partial charge < -0.3 is 39.4 Å². The number of methoxy groups -OCH3 is 1. The summed E-state index contributed by atoms with van der Waals surface area (Å²) in [7, 11) is 1.32. The number of fused-ring (bicyclic) bond motifs is 1. The SMILES string of the molecule is CO[C@@]12OC[C@@]3(C)[C@@]4(O)CC[C@@H](COC(=O)c5ccccc5)[C@]4(C[C@@H](O1)[C@@]3(O)CO)[C@H]2O. The fraction of sp³-hybridized carbons (Fsp3) is 0.696. The van der Waals surface area contributed by atoms with Crippen molar-refractivity contribution in [1.29, 1.82) is 0 Å². The second-order valence-corrected chi connectivity index (χ2v) is 9.82. The van der Waals surface area contributed by atoms with Crippen molar-refractivity contribution in [2.75, 3.05) is 26.9 Å². The smallest absolute Gasteiger partial charge is 0.338 e. The van der Waals surface area contributed by atoms with Crippen LogP contribution in [0.25, 0.3) is 0 Å². The first kappa shape index (κ1) is 22.2. The Kier molecular flexibility index (Phi) is 4.83. The highest BCUT2D eigenvalue weighted by Gasteiger charge is 2.86. The van der Waals surface area contributed by atoms with Crippen molar-refractivity contribution in [2.24, 2.45) is 16.7 Å². The molecule has 9 nitrogen and oxygen atoms in total. The fourth-order valence-corrected chi connectivity index (χ4v) is 6.97. The predicted molar refractivity (Wildman–Crippen MR) is 108 cm³/mol. The quantitative estimate of drug-likeness (QED) is 0.464. The highest BCUT2D eigenvalue weighted by atomic mass is 16.9. The van der Waals surface area contributed by atoms with E-state index >= 15 is 0 Å². The highest BCUT2D eigenvalue weighted by molar-refractivity contribution is 5.89. The van der Waals surface area contributed by atoms with Crippen LogP contribution < -0.4 is 0 Å². The number of hydrogen-bond donors (Lipinski definition) is 4. The molecule has 3 heterocycles. The zero-order valence-corrected chi connectivity index (χ0v) is 18.2. The Labute approximate surface area is 185 Å². The standard InChI is InChI=1S/C23H30O9/c1-19-13-31-23(29-2)18(26)20(10-16(32-23)21(19,27)12-24)15(8-9-22(19,20)28)11-30-17(25)14-6-4-3-5-7-14/h3-7,15-16,18,24,26-28H,8-13H2,1-2H3/t15-,16+,18+,19+,20+,21-,22-,23-/m0/s1. The monoisotopic (exact) mass is 450 g/mol. The van der Waals surface area contributed by atoms with E-state index in [2.05, 4.69) is 0 Å². The number of benzene rings is 1. The minimum Gasteiger partial charge on any atom is -0.462 e. The lowest BCUT2D eigenvalue weighted by atomic mass is 9.44. The molecule has 1 aromatic rings. The van der Waals surface area contributed by atoms with Crippen molar-refractivity contribution >= 4 is 5.97 Å². The number of hydrogen-bond acceptors (Lipinski definition) is 9. The van der Waals surface area contributed by atoms with Crippen molar-refractivity contribution in [2.45, 2.75) is 55.6 Å². The normalized spacial score (nSPS) is 49.0. The van der Waals surface area contributed by atoms with E-state index in [0.717, 1.165) is 0 Å². The van der Waals surface area contributed by atoms with Crippen LogP contribution in [0.2, 0.25) is 0 Å². The molecule has 5 aliphatic rings. The first-order chi connectivity index (χ1) is 15.1. The molecule has 2 aliphatic carbocycles. The molecule has 0 radical (unpaired) electrons. The summed E-state index contributed by atoms with van der Waals surface area (Å²) >= 11 is 0. The summed E-state index contributed by atoms with van der Waals surface area (Å²) in [6.45, 7) is 0.766. The molecule has 32 heavy (non-hydrogen) atoms. The predicted octanol–water partition coefficient (Wildman–Crippen LogP) is 0.194. The van der Waals surface area contributed by atoms with Crippen LogP contribution in [0.3, 0.4) is 0 Å². The van der Waals surface area contributed by atoms with Gasteiger partial charge in [0.05, 0.1) is 42.5 Å². The van der Waals surface area contributed by atoms with E-state index in [1.165, 1.54) is 7.11 Å². The third-order valence-corrected chi connectivity index (χ3v) is 8.92. The van der Waals surface area contributed by atoms with Gasteiger partial charge in [0.25, 0.3) is 0 Å². The topological polar surface area (TPSA) is 135 Å². The van der Waals surface area contributed by atoms with Gasteiger partial charge in [0.15, 0.2) is 0 Å². The van der Waals surface area contributed by atoms with E-state index in [9.17, 15) is 25.2 Å². The van der Waals surface area contributed by atoms with Gasteiger partial charge in [-0.05, 0) is 31.4 Å². The summed E-state index contributed by atoms with van der Waals surface area (Å²) in [4.78, 5) is 12.6. The second kappa shape index (κ2) is 6.96. The largest absolute Gasteiger partial charge is 0.462 e. The van der Waals surface area contributed by atoms with Crippen LogP contribution >= 0.6 is 0 Å². The molecule has 3 saturated heterocycles. The van der Waals surface area contributed by atoms with E-state index in [1.807, 2.05) is 0 Å². The van der Waals surface area contributed by atoms with Gasteiger partial charge in [-0.3, -0.25) is 0 Å². The zero-order chi connectivity index (χ0) is 23.0. The van der Waals surface area contributed by atoms with Gasteiger partial charge in [0.2, 0.25) is 0 Å². The Bertz CT molecular complexity index is 910.